The third-order valence-electron chi connectivity index (χ3n) is 1.70. The van der Waals surface area contributed by atoms with Crippen LogP contribution >= 0.6 is 11.6 Å². The lowest BCUT2D eigenvalue weighted by Gasteiger charge is -2.10. The number of Topliss-reactive ketones (excluding diaryl/α,β-unsaturated/α-hetero) is 1. The minimum atomic E-state index is -0.189. The maximum atomic E-state index is 11.2. The second-order valence-corrected chi connectivity index (χ2v) is 3.20. The molecule has 1 rings (SSSR count). The van der Waals surface area contributed by atoms with E-state index in [1.165, 1.54) is 19.1 Å². The summed E-state index contributed by atoms with van der Waals surface area (Å²) in [4.78, 5) is 11.2. The maximum Gasteiger partial charge on any atom is 0.163 e. The standard InChI is InChI=1S/C10H11ClO3/c1-3-14-10-8(6(2)12)4-7(13)5-9(10)11/h4-5,13H,3H2,1-2H3. The fourth-order valence-corrected chi connectivity index (χ4v) is 1.40. The molecule has 0 amide bonds. The molecule has 0 radical (unpaired) electrons. The van der Waals surface area contributed by atoms with Gasteiger partial charge in [0.2, 0.25) is 0 Å². The van der Waals surface area contributed by atoms with Crippen LogP contribution in [0.4, 0.5) is 0 Å². The molecule has 0 aliphatic rings. The van der Waals surface area contributed by atoms with Gasteiger partial charge in [-0.3, -0.25) is 4.79 Å². The molecule has 76 valence electrons. The van der Waals surface area contributed by atoms with Crippen LogP contribution in [0.1, 0.15) is 24.2 Å². The van der Waals surface area contributed by atoms with E-state index in [9.17, 15) is 9.90 Å². The van der Waals surface area contributed by atoms with Crippen LogP contribution in [0.25, 0.3) is 0 Å². The van der Waals surface area contributed by atoms with E-state index in [0.717, 1.165) is 0 Å². The largest absolute Gasteiger partial charge is 0.508 e. The van der Waals surface area contributed by atoms with Crippen LogP contribution < -0.4 is 4.74 Å². The van der Waals surface area contributed by atoms with Gasteiger partial charge in [-0.2, -0.15) is 0 Å². The Bertz CT molecular complexity index is 361. The molecule has 0 unspecified atom stereocenters. The first-order chi connectivity index (χ1) is 6.56. The molecule has 0 saturated carbocycles. The Labute approximate surface area is 87.3 Å². The second-order valence-electron chi connectivity index (χ2n) is 2.79. The van der Waals surface area contributed by atoms with Crippen LogP contribution in [0, 0.1) is 0 Å². The number of halogens is 1. The Balaban J connectivity index is 3.28. The van der Waals surface area contributed by atoms with Gasteiger partial charge in [0.05, 0.1) is 17.2 Å². The molecule has 0 heterocycles. The summed E-state index contributed by atoms with van der Waals surface area (Å²) in [6.07, 6.45) is 0. The molecule has 1 aromatic rings. The molecule has 0 aromatic heterocycles. The molecule has 14 heavy (non-hydrogen) atoms. The fraction of sp³-hybridized carbons (Fsp3) is 0.300. The molecule has 4 heteroatoms. The summed E-state index contributed by atoms with van der Waals surface area (Å²) in [6, 6.07) is 2.69. The summed E-state index contributed by atoms with van der Waals surface area (Å²) < 4.78 is 5.22. The average molecular weight is 215 g/mol. The van der Waals surface area contributed by atoms with Crippen LogP contribution in [-0.2, 0) is 0 Å². The van der Waals surface area contributed by atoms with Crippen molar-refractivity contribution in [1.82, 2.24) is 0 Å². The van der Waals surface area contributed by atoms with Crippen molar-refractivity contribution in [1.29, 1.82) is 0 Å². The molecule has 1 N–H and O–H groups in total. The topological polar surface area (TPSA) is 46.5 Å². The van der Waals surface area contributed by atoms with Crippen molar-refractivity contribution in [2.75, 3.05) is 6.61 Å². The van der Waals surface area contributed by atoms with Crippen molar-refractivity contribution in [3.8, 4) is 11.5 Å². The van der Waals surface area contributed by atoms with Crippen LogP contribution in [0.15, 0.2) is 12.1 Å². The van der Waals surface area contributed by atoms with Gasteiger partial charge in [0.25, 0.3) is 0 Å². The molecule has 0 atom stereocenters. The SMILES string of the molecule is CCOc1c(Cl)cc(O)cc1C(C)=O. The minimum Gasteiger partial charge on any atom is -0.508 e. The minimum absolute atomic E-state index is 0.0383. The van der Waals surface area contributed by atoms with Crippen LogP contribution in [0.2, 0.25) is 5.02 Å². The summed E-state index contributed by atoms with van der Waals surface area (Å²) in [5, 5.41) is 9.49. The number of benzene rings is 1. The number of hydrogen-bond donors (Lipinski definition) is 1. The lowest BCUT2D eigenvalue weighted by atomic mass is 10.1. The average Bonchev–Trinajstić information content (AvgIpc) is 2.09. The summed E-state index contributed by atoms with van der Waals surface area (Å²) >= 11 is 5.82. The van der Waals surface area contributed by atoms with Crippen molar-refractivity contribution in [3.63, 3.8) is 0 Å². The van der Waals surface area contributed by atoms with Gasteiger partial charge in [-0.15, -0.1) is 0 Å². The third-order valence-corrected chi connectivity index (χ3v) is 1.98. The molecule has 0 aliphatic carbocycles. The van der Waals surface area contributed by atoms with E-state index in [0.29, 0.717) is 17.9 Å². The number of rotatable bonds is 3. The predicted octanol–water partition coefficient (Wildman–Crippen LogP) is 2.65. The van der Waals surface area contributed by atoms with E-state index in [1.54, 1.807) is 6.92 Å². The predicted molar refractivity (Wildman–Crippen MR) is 54.3 cm³/mol. The number of phenolic OH excluding ortho intramolecular Hbond substituents is 1. The van der Waals surface area contributed by atoms with Crippen LogP contribution in [0.5, 0.6) is 11.5 Å². The van der Waals surface area contributed by atoms with Gasteiger partial charge >= 0.3 is 0 Å². The molecule has 0 bridgehead atoms. The van der Waals surface area contributed by atoms with E-state index in [4.69, 9.17) is 16.3 Å². The zero-order valence-corrected chi connectivity index (χ0v) is 8.76. The van der Waals surface area contributed by atoms with Crippen molar-refractivity contribution >= 4 is 17.4 Å². The monoisotopic (exact) mass is 214 g/mol. The Kier molecular flexibility index (Phi) is 3.36. The molecular weight excluding hydrogens is 204 g/mol. The van der Waals surface area contributed by atoms with Crippen LogP contribution in [0.3, 0.4) is 0 Å². The smallest absolute Gasteiger partial charge is 0.163 e. The number of phenols is 1. The number of carbonyl (C=O) groups is 1. The molecule has 0 fully saturated rings. The summed E-state index contributed by atoms with van der Waals surface area (Å²) in [5.74, 6) is 0.106. The van der Waals surface area contributed by atoms with Gasteiger partial charge in [-0.05, 0) is 19.9 Å². The van der Waals surface area contributed by atoms with Crippen molar-refractivity contribution in [2.45, 2.75) is 13.8 Å². The van der Waals surface area contributed by atoms with Gasteiger partial charge in [0.15, 0.2) is 5.78 Å². The molecule has 1 aromatic carbocycles. The van der Waals surface area contributed by atoms with E-state index >= 15 is 0 Å². The lowest BCUT2D eigenvalue weighted by Crippen LogP contribution is -2.01. The Hall–Kier alpha value is -1.22. The molecule has 0 spiro atoms. The van der Waals surface area contributed by atoms with E-state index in [1.807, 2.05) is 0 Å². The first kappa shape index (κ1) is 10.9. The first-order valence-corrected chi connectivity index (χ1v) is 4.60. The van der Waals surface area contributed by atoms with Gasteiger partial charge in [0, 0.05) is 6.07 Å². The zero-order chi connectivity index (χ0) is 10.7. The zero-order valence-electron chi connectivity index (χ0n) is 8.00. The summed E-state index contributed by atoms with van der Waals surface area (Å²) in [7, 11) is 0. The first-order valence-electron chi connectivity index (χ1n) is 4.22. The Morgan fingerprint density at radius 2 is 2.21 bits per heavy atom. The van der Waals surface area contributed by atoms with Gasteiger partial charge in [0.1, 0.15) is 11.5 Å². The Morgan fingerprint density at radius 1 is 1.57 bits per heavy atom. The van der Waals surface area contributed by atoms with Crippen molar-refractivity contribution < 1.29 is 14.6 Å². The number of aromatic hydroxyl groups is 1. The quantitative estimate of drug-likeness (QED) is 0.787. The highest BCUT2D eigenvalue weighted by Crippen LogP contribution is 2.33. The lowest BCUT2D eigenvalue weighted by molar-refractivity contribution is 0.101. The van der Waals surface area contributed by atoms with Gasteiger partial charge < -0.3 is 9.84 Å². The summed E-state index contributed by atoms with van der Waals surface area (Å²) in [6.45, 7) is 3.62. The maximum absolute atomic E-state index is 11.2. The number of hydrogen-bond acceptors (Lipinski definition) is 3. The highest BCUT2D eigenvalue weighted by Gasteiger charge is 2.13. The van der Waals surface area contributed by atoms with E-state index in [2.05, 4.69) is 0 Å². The fourth-order valence-electron chi connectivity index (χ4n) is 1.13. The van der Waals surface area contributed by atoms with E-state index < -0.39 is 0 Å². The molecule has 0 aliphatic heterocycles. The van der Waals surface area contributed by atoms with E-state index in [-0.39, 0.29) is 16.6 Å². The third kappa shape index (κ3) is 2.17. The highest BCUT2D eigenvalue weighted by molar-refractivity contribution is 6.32. The summed E-state index contributed by atoms with van der Waals surface area (Å²) in [5.41, 5.74) is 0.303. The molecular formula is C10H11ClO3. The van der Waals surface area contributed by atoms with Crippen molar-refractivity contribution in [3.05, 3.63) is 22.7 Å². The van der Waals surface area contributed by atoms with Gasteiger partial charge in [-0.1, -0.05) is 11.6 Å². The second kappa shape index (κ2) is 4.33. The van der Waals surface area contributed by atoms with Crippen LogP contribution in [-0.4, -0.2) is 17.5 Å². The molecule has 3 nitrogen and oxygen atoms in total. The van der Waals surface area contributed by atoms with Crippen molar-refractivity contribution in [2.24, 2.45) is 0 Å². The molecule has 0 saturated heterocycles. The highest BCUT2D eigenvalue weighted by atomic mass is 35.5. The number of ether oxygens (including phenoxy) is 1. The Morgan fingerprint density at radius 3 is 2.71 bits per heavy atom. The number of ketones is 1. The van der Waals surface area contributed by atoms with Gasteiger partial charge in [-0.25, -0.2) is 0 Å². The number of carbonyl (C=O) groups excluding carboxylic acids is 1. The normalized spacial score (nSPS) is 9.93.